The van der Waals surface area contributed by atoms with E-state index in [0.717, 1.165) is 24.4 Å². The van der Waals surface area contributed by atoms with Crippen LogP contribution in [-0.4, -0.2) is 30.8 Å². The zero-order valence-corrected chi connectivity index (χ0v) is 14.6. The Bertz CT molecular complexity index is 740. The van der Waals surface area contributed by atoms with Gasteiger partial charge in [0.15, 0.2) is 5.89 Å². The number of nitrogens with one attached hydrogen (secondary N) is 1. The lowest BCUT2D eigenvalue weighted by atomic mass is 9.69. The van der Waals surface area contributed by atoms with Gasteiger partial charge in [0.2, 0.25) is 5.88 Å². The molecule has 3 N–H and O–H groups in total. The van der Waals surface area contributed by atoms with Crippen molar-refractivity contribution in [1.29, 1.82) is 5.26 Å². The van der Waals surface area contributed by atoms with Crippen molar-refractivity contribution in [2.45, 2.75) is 44.9 Å². The van der Waals surface area contributed by atoms with Gasteiger partial charge in [-0.1, -0.05) is 6.92 Å². The van der Waals surface area contributed by atoms with Crippen LogP contribution in [0, 0.1) is 11.3 Å². The van der Waals surface area contributed by atoms with E-state index in [9.17, 15) is 10.1 Å². The average Bonchev–Trinajstić information content (AvgIpc) is 3.01. The zero-order chi connectivity index (χ0) is 18.0. The van der Waals surface area contributed by atoms with Crippen LogP contribution in [0.2, 0.25) is 0 Å². The summed E-state index contributed by atoms with van der Waals surface area (Å²) in [5.74, 6) is 0.918. The fraction of sp³-hybridized carbons (Fsp3) is 0.588. The maximum atomic E-state index is 12.5. The Labute approximate surface area is 146 Å². The zero-order valence-electron chi connectivity index (χ0n) is 14.6. The molecule has 0 aliphatic carbocycles. The quantitative estimate of drug-likeness (QED) is 0.859. The molecular weight excluding hydrogens is 322 g/mol. The number of hydrogen-bond donors (Lipinski definition) is 2. The van der Waals surface area contributed by atoms with E-state index < -0.39 is 11.5 Å². The number of ether oxygens (including phenoxy) is 1. The normalized spacial score (nSPS) is 18.8. The van der Waals surface area contributed by atoms with Crippen molar-refractivity contribution >= 4 is 12.0 Å². The van der Waals surface area contributed by atoms with Crippen molar-refractivity contribution in [3.8, 4) is 6.07 Å². The number of nitriles is 1. The Hall–Kier alpha value is -2.53. The molecule has 0 unspecified atom stereocenters. The summed E-state index contributed by atoms with van der Waals surface area (Å²) in [6.45, 7) is 5.43. The number of anilines is 1. The predicted octanol–water partition coefficient (Wildman–Crippen LogP) is 1.92. The van der Waals surface area contributed by atoms with Crippen LogP contribution in [0.3, 0.4) is 0 Å². The summed E-state index contributed by atoms with van der Waals surface area (Å²) in [6, 6.07) is 2.22. The molecule has 1 aromatic rings. The van der Waals surface area contributed by atoms with Gasteiger partial charge in [-0.3, -0.25) is 0 Å². The van der Waals surface area contributed by atoms with Crippen molar-refractivity contribution in [3.63, 3.8) is 0 Å². The SMILES string of the molecule is CCCc1nc2c(o1)N(C(=O)OCC)C(N)=C(C#N)C21CCNCC1. The first-order valence-electron chi connectivity index (χ1n) is 8.67. The predicted molar refractivity (Wildman–Crippen MR) is 90.6 cm³/mol. The van der Waals surface area contributed by atoms with Crippen LogP contribution >= 0.6 is 0 Å². The van der Waals surface area contributed by atoms with Crippen molar-refractivity contribution in [2.24, 2.45) is 5.73 Å². The Morgan fingerprint density at radius 3 is 2.80 bits per heavy atom. The lowest BCUT2D eigenvalue weighted by Gasteiger charge is -2.41. The van der Waals surface area contributed by atoms with Gasteiger partial charge in [-0.15, -0.1) is 0 Å². The van der Waals surface area contributed by atoms with Crippen LogP contribution in [0.1, 0.15) is 44.7 Å². The van der Waals surface area contributed by atoms with Gasteiger partial charge < -0.3 is 20.2 Å². The molecule has 1 saturated heterocycles. The highest BCUT2D eigenvalue weighted by Crippen LogP contribution is 2.49. The molecule has 2 aliphatic rings. The number of nitrogens with zero attached hydrogens (tertiary/aromatic N) is 3. The van der Waals surface area contributed by atoms with Crippen molar-refractivity contribution in [2.75, 3.05) is 24.6 Å². The van der Waals surface area contributed by atoms with E-state index in [1.807, 2.05) is 6.92 Å². The molecule has 134 valence electrons. The highest BCUT2D eigenvalue weighted by molar-refractivity contribution is 5.92. The van der Waals surface area contributed by atoms with Gasteiger partial charge in [0.05, 0.1) is 23.7 Å². The lowest BCUT2D eigenvalue weighted by Crippen LogP contribution is -2.49. The summed E-state index contributed by atoms with van der Waals surface area (Å²) < 4.78 is 11.0. The van der Waals surface area contributed by atoms with Crippen molar-refractivity contribution < 1.29 is 13.9 Å². The molecule has 3 rings (SSSR count). The Kier molecular flexibility index (Phi) is 4.68. The number of fused-ring (bicyclic) bond motifs is 2. The Balaban J connectivity index is 2.20. The van der Waals surface area contributed by atoms with E-state index in [0.29, 0.717) is 42.3 Å². The number of hydrogen-bond acceptors (Lipinski definition) is 7. The monoisotopic (exact) mass is 345 g/mol. The third-order valence-electron chi connectivity index (χ3n) is 4.77. The van der Waals surface area contributed by atoms with Crippen LogP contribution in [0.5, 0.6) is 0 Å². The minimum Gasteiger partial charge on any atom is -0.449 e. The number of oxazole rings is 1. The number of aryl methyl sites for hydroxylation is 1. The molecule has 2 aliphatic heterocycles. The molecule has 1 spiro atoms. The van der Waals surface area contributed by atoms with Gasteiger partial charge in [0, 0.05) is 6.42 Å². The van der Waals surface area contributed by atoms with E-state index in [1.54, 1.807) is 6.92 Å². The third kappa shape index (κ3) is 2.65. The van der Waals surface area contributed by atoms with Gasteiger partial charge in [-0.2, -0.15) is 10.2 Å². The molecule has 8 heteroatoms. The third-order valence-corrected chi connectivity index (χ3v) is 4.77. The topological polar surface area (TPSA) is 117 Å². The number of nitrogens with two attached hydrogens (primary N) is 1. The second kappa shape index (κ2) is 6.76. The molecule has 1 aromatic heterocycles. The summed E-state index contributed by atoms with van der Waals surface area (Å²) in [6.07, 6.45) is 2.22. The summed E-state index contributed by atoms with van der Waals surface area (Å²) in [5, 5.41) is 13.1. The van der Waals surface area contributed by atoms with E-state index in [4.69, 9.17) is 14.9 Å². The molecule has 1 amide bonds. The van der Waals surface area contributed by atoms with E-state index in [-0.39, 0.29) is 12.4 Å². The average molecular weight is 345 g/mol. The van der Waals surface area contributed by atoms with E-state index >= 15 is 0 Å². The number of carbonyl (C=O) groups is 1. The summed E-state index contributed by atoms with van der Waals surface area (Å²) in [4.78, 5) is 18.3. The molecule has 0 saturated carbocycles. The minimum absolute atomic E-state index is 0.0783. The molecule has 0 bridgehead atoms. The molecule has 0 radical (unpaired) electrons. The number of rotatable bonds is 3. The second-order valence-corrected chi connectivity index (χ2v) is 6.25. The largest absolute Gasteiger partial charge is 0.449 e. The van der Waals surface area contributed by atoms with Gasteiger partial charge in [-0.25, -0.2) is 9.78 Å². The standard InChI is InChI=1S/C17H23N5O3/c1-3-5-12-21-13-15(25-12)22(16(23)24-4-2)14(19)11(10-18)17(13)6-8-20-9-7-17/h20H,3-9,19H2,1-2H3. The molecule has 1 fully saturated rings. The molecular formula is C17H23N5O3. The number of amides is 1. The summed E-state index contributed by atoms with van der Waals surface area (Å²) in [5.41, 5.74) is 6.62. The number of allylic oxidation sites excluding steroid dienone is 1. The van der Waals surface area contributed by atoms with Gasteiger partial charge in [0.25, 0.3) is 0 Å². The Morgan fingerprint density at radius 2 is 2.20 bits per heavy atom. The van der Waals surface area contributed by atoms with Gasteiger partial charge in [0.1, 0.15) is 11.5 Å². The van der Waals surface area contributed by atoms with Crippen molar-refractivity contribution in [1.82, 2.24) is 10.3 Å². The fourth-order valence-corrected chi connectivity index (χ4v) is 3.60. The van der Waals surface area contributed by atoms with Gasteiger partial charge >= 0.3 is 6.09 Å². The maximum Gasteiger partial charge on any atom is 0.422 e. The number of aromatic nitrogens is 1. The fourth-order valence-electron chi connectivity index (χ4n) is 3.60. The van der Waals surface area contributed by atoms with Crippen LogP contribution < -0.4 is 16.0 Å². The first-order chi connectivity index (χ1) is 12.1. The molecule has 8 nitrogen and oxygen atoms in total. The molecule has 0 aromatic carbocycles. The Morgan fingerprint density at radius 1 is 1.48 bits per heavy atom. The first-order valence-corrected chi connectivity index (χ1v) is 8.67. The van der Waals surface area contributed by atoms with Gasteiger partial charge in [-0.05, 0) is 39.3 Å². The maximum absolute atomic E-state index is 12.5. The van der Waals surface area contributed by atoms with E-state index in [1.165, 1.54) is 0 Å². The van der Waals surface area contributed by atoms with Crippen LogP contribution in [0.25, 0.3) is 0 Å². The minimum atomic E-state index is -0.656. The summed E-state index contributed by atoms with van der Waals surface area (Å²) in [7, 11) is 0. The van der Waals surface area contributed by atoms with E-state index in [2.05, 4.69) is 16.4 Å². The number of carbonyl (C=O) groups excluding carboxylic acids is 1. The van der Waals surface area contributed by atoms with Crippen LogP contribution in [0.4, 0.5) is 10.7 Å². The summed E-state index contributed by atoms with van der Waals surface area (Å²) >= 11 is 0. The molecule has 3 heterocycles. The molecule has 0 atom stereocenters. The lowest BCUT2D eigenvalue weighted by molar-refractivity contribution is 0.159. The van der Waals surface area contributed by atoms with Crippen LogP contribution in [-0.2, 0) is 16.6 Å². The van der Waals surface area contributed by atoms with Crippen LogP contribution in [0.15, 0.2) is 15.8 Å². The highest BCUT2D eigenvalue weighted by Gasteiger charge is 2.51. The number of piperidine rings is 1. The smallest absolute Gasteiger partial charge is 0.422 e. The van der Waals surface area contributed by atoms with Crippen molar-refractivity contribution in [3.05, 3.63) is 23.0 Å². The molecule has 25 heavy (non-hydrogen) atoms. The highest BCUT2D eigenvalue weighted by atomic mass is 16.6. The first kappa shape index (κ1) is 17.3. The second-order valence-electron chi connectivity index (χ2n) is 6.25.